The molecule has 0 aliphatic rings. The molecule has 1 atom stereocenters. The van der Waals surface area contributed by atoms with Crippen LogP contribution in [-0.2, 0) is 6.42 Å². The highest BCUT2D eigenvalue weighted by molar-refractivity contribution is 6.31. The van der Waals surface area contributed by atoms with E-state index in [4.69, 9.17) is 11.6 Å². The highest BCUT2D eigenvalue weighted by atomic mass is 35.5. The molecule has 2 rings (SSSR count). The van der Waals surface area contributed by atoms with Crippen LogP contribution < -0.4 is 0 Å². The van der Waals surface area contributed by atoms with Gasteiger partial charge in [0.1, 0.15) is 5.82 Å². The summed E-state index contributed by atoms with van der Waals surface area (Å²) in [5, 5.41) is 0.751. The Morgan fingerprint density at radius 3 is 3.00 bits per heavy atom. The van der Waals surface area contributed by atoms with Crippen molar-refractivity contribution in [3.05, 3.63) is 29.0 Å². The summed E-state index contributed by atoms with van der Waals surface area (Å²) in [7, 11) is 0. The first-order valence-corrected chi connectivity index (χ1v) is 5.71. The van der Waals surface area contributed by atoms with Crippen molar-refractivity contribution in [1.82, 2.24) is 9.97 Å². The number of aromatic amines is 1. The van der Waals surface area contributed by atoms with Gasteiger partial charge in [-0.2, -0.15) is 0 Å². The van der Waals surface area contributed by atoms with Crippen molar-refractivity contribution in [3.63, 3.8) is 0 Å². The van der Waals surface area contributed by atoms with Crippen LogP contribution in [0, 0.1) is 5.92 Å². The van der Waals surface area contributed by atoms with E-state index >= 15 is 0 Å². The average Bonchev–Trinajstić information content (AvgIpc) is 2.59. The molecule has 0 spiro atoms. The molecule has 0 fully saturated rings. The third kappa shape index (κ3) is 2.32. The number of aromatic nitrogens is 2. The molecule has 1 N–H and O–H groups in total. The lowest BCUT2D eigenvalue weighted by molar-refractivity contribution is 0.547. The summed E-state index contributed by atoms with van der Waals surface area (Å²) < 4.78 is 0. The fraction of sp³-hybridized carbons (Fsp3) is 0.417. The van der Waals surface area contributed by atoms with Crippen molar-refractivity contribution in [3.8, 4) is 0 Å². The zero-order valence-corrected chi connectivity index (χ0v) is 9.80. The van der Waals surface area contributed by atoms with Crippen molar-refractivity contribution < 1.29 is 0 Å². The van der Waals surface area contributed by atoms with Crippen molar-refractivity contribution in [1.29, 1.82) is 0 Å². The molecule has 1 heterocycles. The van der Waals surface area contributed by atoms with Crippen LogP contribution in [0.2, 0.25) is 5.02 Å². The summed E-state index contributed by atoms with van der Waals surface area (Å²) in [5.74, 6) is 1.72. The van der Waals surface area contributed by atoms with Gasteiger partial charge in [-0.3, -0.25) is 0 Å². The van der Waals surface area contributed by atoms with E-state index < -0.39 is 0 Å². The van der Waals surface area contributed by atoms with Crippen LogP contribution in [0.3, 0.4) is 0 Å². The van der Waals surface area contributed by atoms with Crippen LogP contribution in [0.5, 0.6) is 0 Å². The number of fused-ring (bicyclic) bond motifs is 1. The predicted octanol–water partition coefficient (Wildman–Crippen LogP) is 3.80. The molecule has 0 bridgehead atoms. The minimum absolute atomic E-state index is 0.668. The van der Waals surface area contributed by atoms with Gasteiger partial charge in [0, 0.05) is 11.4 Å². The summed E-state index contributed by atoms with van der Waals surface area (Å²) in [4.78, 5) is 7.83. The van der Waals surface area contributed by atoms with Crippen LogP contribution in [0.4, 0.5) is 0 Å². The Kier molecular flexibility index (Phi) is 2.96. The molecule has 0 saturated heterocycles. The fourth-order valence-electron chi connectivity index (χ4n) is 1.61. The summed E-state index contributed by atoms with van der Waals surface area (Å²) >= 11 is 5.91. The van der Waals surface area contributed by atoms with Gasteiger partial charge in [0.05, 0.1) is 11.0 Å². The lowest BCUT2D eigenvalue weighted by atomic mass is 10.1. The topological polar surface area (TPSA) is 28.7 Å². The van der Waals surface area contributed by atoms with Crippen molar-refractivity contribution in [2.75, 3.05) is 0 Å². The van der Waals surface area contributed by atoms with E-state index in [2.05, 4.69) is 23.8 Å². The Balaban J connectivity index is 2.30. The van der Waals surface area contributed by atoms with E-state index in [0.29, 0.717) is 5.92 Å². The van der Waals surface area contributed by atoms with Gasteiger partial charge >= 0.3 is 0 Å². The van der Waals surface area contributed by atoms with Gasteiger partial charge in [0.15, 0.2) is 0 Å². The molecule has 0 radical (unpaired) electrons. The number of imidazole rings is 1. The normalized spacial score (nSPS) is 13.3. The monoisotopic (exact) mass is 222 g/mol. The predicted molar refractivity (Wildman–Crippen MR) is 64.3 cm³/mol. The van der Waals surface area contributed by atoms with E-state index in [1.807, 2.05) is 18.2 Å². The first kappa shape index (κ1) is 10.5. The number of H-pyrrole nitrogens is 1. The van der Waals surface area contributed by atoms with Crippen molar-refractivity contribution in [2.24, 2.45) is 5.92 Å². The third-order valence-corrected chi connectivity index (χ3v) is 2.97. The van der Waals surface area contributed by atoms with Crippen LogP contribution in [0.25, 0.3) is 11.0 Å². The van der Waals surface area contributed by atoms with E-state index in [1.54, 1.807) is 0 Å². The summed E-state index contributed by atoms with van der Waals surface area (Å²) in [5.41, 5.74) is 2.03. The fourth-order valence-corrected chi connectivity index (χ4v) is 1.78. The highest BCUT2D eigenvalue weighted by Gasteiger charge is 2.06. The average molecular weight is 223 g/mol. The van der Waals surface area contributed by atoms with Gasteiger partial charge in [-0.05, 0) is 24.1 Å². The maximum Gasteiger partial charge on any atom is 0.107 e. The van der Waals surface area contributed by atoms with Crippen molar-refractivity contribution >= 4 is 22.6 Å². The Bertz CT molecular complexity index is 462. The van der Waals surface area contributed by atoms with Crippen LogP contribution in [0.15, 0.2) is 18.2 Å². The number of nitrogens with zero attached hydrogens (tertiary/aromatic N) is 1. The summed E-state index contributed by atoms with van der Waals surface area (Å²) in [6.07, 6.45) is 2.18. The van der Waals surface area contributed by atoms with Gasteiger partial charge in [-0.1, -0.05) is 31.9 Å². The lowest BCUT2D eigenvalue weighted by Crippen LogP contribution is -1.99. The second kappa shape index (κ2) is 4.23. The standard InChI is InChI=1S/C12H15ClN2/c1-3-8(2)6-12-14-10-5-4-9(13)7-11(10)15-12/h4-5,7-8H,3,6H2,1-2H3,(H,14,15). The SMILES string of the molecule is CCC(C)Cc1nc2ccc(Cl)cc2[nH]1. The van der Waals surface area contributed by atoms with E-state index in [-0.39, 0.29) is 0 Å². The molecule has 2 aromatic rings. The van der Waals surface area contributed by atoms with Gasteiger partial charge in [-0.25, -0.2) is 4.98 Å². The zero-order valence-electron chi connectivity index (χ0n) is 9.05. The largest absolute Gasteiger partial charge is 0.342 e. The Morgan fingerprint density at radius 1 is 1.47 bits per heavy atom. The van der Waals surface area contributed by atoms with Crippen LogP contribution in [-0.4, -0.2) is 9.97 Å². The smallest absolute Gasteiger partial charge is 0.107 e. The van der Waals surface area contributed by atoms with E-state index in [1.165, 1.54) is 6.42 Å². The number of halogens is 1. The second-order valence-electron chi connectivity index (χ2n) is 4.06. The molecular weight excluding hydrogens is 208 g/mol. The minimum Gasteiger partial charge on any atom is -0.342 e. The lowest BCUT2D eigenvalue weighted by Gasteiger charge is -2.03. The van der Waals surface area contributed by atoms with E-state index in [9.17, 15) is 0 Å². The first-order valence-electron chi connectivity index (χ1n) is 5.33. The van der Waals surface area contributed by atoms with Gasteiger partial charge in [0.25, 0.3) is 0 Å². The number of rotatable bonds is 3. The van der Waals surface area contributed by atoms with Crippen molar-refractivity contribution in [2.45, 2.75) is 26.7 Å². The molecule has 15 heavy (non-hydrogen) atoms. The molecule has 1 unspecified atom stereocenters. The first-order chi connectivity index (χ1) is 7.19. The molecular formula is C12H15ClN2. The zero-order chi connectivity index (χ0) is 10.8. The Hall–Kier alpha value is -1.02. The molecule has 0 aliphatic heterocycles. The Morgan fingerprint density at radius 2 is 2.27 bits per heavy atom. The molecule has 2 nitrogen and oxygen atoms in total. The number of benzene rings is 1. The van der Waals surface area contributed by atoms with Crippen LogP contribution >= 0.6 is 11.6 Å². The second-order valence-corrected chi connectivity index (χ2v) is 4.50. The van der Waals surface area contributed by atoms with Gasteiger partial charge < -0.3 is 4.98 Å². The van der Waals surface area contributed by atoms with Gasteiger partial charge in [0.2, 0.25) is 0 Å². The molecule has 80 valence electrons. The number of hydrogen-bond donors (Lipinski definition) is 1. The van der Waals surface area contributed by atoms with Gasteiger partial charge in [-0.15, -0.1) is 0 Å². The van der Waals surface area contributed by atoms with Crippen LogP contribution in [0.1, 0.15) is 26.1 Å². The third-order valence-electron chi connectivity index (χ3n) is 2.73. The summed E-state index contributed by atoms with van der Waals surface area (Å²) in [6.45, 7) is 4.43. The number of hydrogen-bond acceptors (Lipinski definition) is 1. The molecule has 0 saturated carbocycles. The Labute approximate surface area is 94.7 Å². The minimum atomic E-state index is 0.668. The molecule has 1 aromatic heterocycles. The molecule has 0 aliphatic carbocycles. The summed E-state index contributed by atoms with van der Waals surface area (Å²) in [6, 6.07) is 5.75. The maximum absolute atomic E-state index is 5.91. The highest BCUT2D eigenvalue weighted by Crippen LogP contribution is 2.18. The molecule has 0 amide bonds. The quantitative estimate of drug-likeness (QED) is 0.841. The number of nitrogens with one attached hydrogen (secondary N) is 1. The molecule has 1 aromatic carbocycles. The maximum atomic E-state index is 5.91. The van der Waals surface area contributed by atoms with E-state index in [0.717, 1.165) is 28.3 Å². The molecule has 3 heteroatoms.